The Morgan fingerprint density at radius 1 is 1.03 bits per heavy atom. The van der Waals surface area contributed by atoms with E-state index in [4.69, 9.17) is 4.74 Å². The van der Waals surface area contributed by atoms with Crippen LogP contribution in [-0.4, -0.2) is 27.5 Å². The molecule has 160 valence electrons. The number of aryl methyl sites for hydroxylation is 2. The van der Waals surface area contributed by atoms with E-state index in [0.29, 0.717) is 30.1 Å². The number of amides is 1. The number of sulfonamides is 1. The molecule has 3 aromatic carbocycles. The Morgan fingerprint density at radius 3 is 2.61 bits per heavy atom. The van der Waals surface area contributed by atoms with Crippen molar-refractivity contribution < 1.29 is 17.9 Å². The lowest BCUT2D eigenvalue weighted by Crippen LogP contribution is -2.35. The van der Waals surface area contributed by atoms with Crippen LogP contribution < -0.4 is 14.4 Å². The summed E-state index contributed by atoms with van der Waals surface area (Å²) in [6.07, 6.45) is 1.46. The lowest BCUT2D eigenvalue weighted by molar-refractivity contribution is -0.118. The predicted molar refractivity (Wildman–Crippen MR) is 121 cm³/mol. The van der Waals surface area contributed by atoms with Crippen LogP contribution in [0.5, 0.6) is 5.75 Å². The lowest BCUT2D eigenvalue weighted by Gasteiger charge is -2.30. The van der Waals surface area contributed by atoms with Crippen LogP contribution in [0.4, 0.5) is 11.4 Å². The highest BCUT2D eigenvalue weighted by atomic mass is 32.2. The molecule has 31 heavy (non-hydrogen) atoms. The summed E-state index contributed by atoms with van der Waals surface area (Å²) in [4.78, 5) is 12.6. The second-order valence-corrected chi connectivity index (χ2v) is 9.35. The van der Waals surface area contributed by atoms with Crippen LogP contribution in [0.15, 0.2) is 77.7 Å². The predicted octanol–water partition coefficient (Wildman–Crippen LogP) is 4.15. The number of hydrogen-bond acceptors (Lipinski definition) is 4. The van der Waals surface area contributed by atoms with Gasteiger partial charge in [0.25, 0.3) is 15.9 Å². The second kappa shape index (κ2) is 8.81. The van der Waals surface area contributed by atoms with Crippen molar-refractivity contribution in [3.05, 3.63) is 83.9 Å². The first-order chi connectivity index (χ1) is 14.9. The van der Waals surface area contributed by atoms with Gasteiger partial charge in [0.05, 0.1) is 10.6 Å². The van der Waals surface area contributed by atoms with Gasteiger partial charge in [0.1, 0.15) is 5.75 Å². The van der Waals surface area contributed by atoms with Crippen LogP contribution in [0.1, 0.15) is 17.5 Å². The molecule has 0 unspecified atom stereocenters. The van der Waals surface area contributed by atoms with Crippen molar-refractivity contribution in [3.63, 3.8) is 0 Å². The Labute approximate surface area is 182 Å². The smallest absolute Gasteiger partial charge is 0.264 e. The zero-order valence-electron chi connectivity index (χ0n) is 17.2. The van der Waals surface area contributed by atoms with Gasteiger partial charge in [0, 0.05) is 12.2 Å². The molecule has 0 fully saturated rings. The normalized spacial score (nSPS) is 13.4. The third-order valence-electron chi connectivity index (χ3n) is 5.13. The van der Waals surface area contributed by atoms with Gasteiger partial charge in [-0.1, -0.05) is 30.3 Å². The summed E-state index contributed by atoms with van der Waals surface area (Å²) in [6.45, 7) is 2.29. The molecule has 0 aromatic heterocycles. The first kappa shape index (κ1) is 20.9. The highest BCUT2D eigenvalue weighted by molar-refractivity contribution is 7.92. The molecule has 0 saturated heterocycles. The van der Waals surface area contributed by atoms with Gasteiger partial charge in [0.2, 0.25) is 0 Å². The highest BCUT2D eigenvalue weighted by Gasteiger charge is 2.29. The summed E-state index contributed by atoms with van der Waals surface area (Å²) in [6, 6.07) is 21.3. The molecule has 0 aliphatic carbocycles. The number of anilines is 2. The Morgan fingerprint density at radius 2 is 1.84 bits per heavy atom. The van der Waals surface area contributed by atoms with Crippen molar-refractivity contribution in [1.82, 2.24) is 0 Å². The molecule has 1 N–H and O–H groups in total. The van der Waals surface area contributed by atoms with Gasteiger partial charge in [-0.05, 0) is 73.4 Å². The maximum absolute atomic E-state index is 13.1. The average molecular weight is 437 g/mol. The Bertz CT molecular complexity index is 1190. The van der Waals surface area contributed by atoms with E-state index >= 15 is 0 Å². The quantitative estimate of drug-likeness (QED) is 0.630. The van der Waals surface area contributed by atoms with E-state index in [2.05, 4.69) is 5.32 Å². The number of ether oxygens (including phenoxy) is 1. The summed E-state index contributed by atoms with van der Waals surface area (Å²) in [5.74, 6) is 0.369. The van der Waals surface area contributed by atoms with Crippen LogP contribution in [0.25, 0.3) is 0 Å². The number of carbonyl (C=O) groups is 1. The Hall–Kier alpha value is -3.32. The fraction of sp³-hybridized carbons (Fsp3) is 0.208. The topological polar surface area (TPSA) is 75.7 Å². The van der Waals surface area contributed by atoms with Gasteiger partial charge >= 0.3 is 0 Å². The zero-order valence-corrected chi connectivity index (χ0v) is 18.1. The van der Waals surface area contributed by atoms with Crippen molar-refractivity contribution in [1.29, 1.82) is 0 Å². The van der Waals surface area contributed by atoms with Gasteiger partial charge in [-0.2, -0.15) is 0 Å². The van der Waals surface area contributed by atoms with Crippen LogP contribution >= 0.6 is 0 Å². The first-order valence-electron chi connectivity index (χ1n) is 10.1. The molecule has 1 amide bonds. The molecule has 1 heterocycles. The largest absolute Gasteiger partial charge is 0.484 e. The summed E-state index contributed by atoms with van der Waals surface area (Å²) in [7, 11) is -3.63. The van der Waals surface area contributed by atoms with E-state index < -0.39 is 10.0 Å². The van der Waals surface area contributed by atoms with Crippen molar-refractivity contribution in [3.8, 4) is 5.75 Å². The van der Waals surface area contributed by atoms with E-state index in [1.807, 2.05) is 31.2 Å². The van der Waals surface area contributed by atoms with Crippen molar-refractivity contribution in [2.45, 2.75) is 24.7 Å². The lowest BCUT2D eigenvalue weighted by atomic mass is 10.0. The van der Waals surface area contributed by atoms with Crippen molar-refractivity contribution >= 4 is 27.3 Å². The second-order valence-electron chi connectivity index (χ2n) is 7.49. The molecule has 0 radical (unpaired) electrons. The summed E-state index contributed by atoms with van der Waals surface area (Å²) in [5, 5.41) is 2.83. The molecule has 0 saturated carbocycles. The number of carbonyl (C=O) groups excluding carboxylic acids is 1. The van der Waals surface area contributed by atoms with E-state index in [0.717, 1.165) is 17.5 Å². The average Bonchev–Trinajstić information content (AvgIpc) is 2.78. The highest BCUT2D eigenvalue weighted by Crippen LogP contribution is 2.33. The molecule has 1 aliphatic heterocycles. The molecule has 7 heteroatoms. The number of fused-ring (bicyclic) bond motifs is 1. The van der Waals surface area contributed by atoms with E-state index in [9.17, 15) is 13.2 Å². The number of benzene rings is 3. The minimum atomic E-state index is -3.63. The SMILES string of the molecule is Cc1cccc(OCC(=O)Nc2ccc3c(c2)CCCN3S(=O)(=O)c2ccccc2)c1. The summed E-state index contributed by atoms with van der Waals surface area (Å²) in [5.41, 5.74) is 3.23. The molecule has 3 aromatic rings. The molecular formula is C24H24N2O4S. The van der Waals surface area contributed by atoms with E-state index in [-0.39, 0.29) is 17.4 Å². The molecule has 6 nitrogen and oxygen atoms in total. The monoisotopic (exact) mass is 436 g/mol. The molecule has 0 atom stereocenters. The van der Waals surface area contributed by atoms with Crippen LogP contribution in [0.2, 0.25) is 0 Å². The van der Waals surface area contributed by atoms with Gasteiger partial charge in [0.15, 0.2) is 6.61 Å². The fourth-order valence-electron chi connectivity index (χ4n) is 3.66. The Balaban J connectivity index is 1.47. The Kier molecular flexibility index (Phi) is 5.95. The van der Waals surface area contributed by atoms with E-state index in [1.54, 1.807) is 48.5 Å². The first-order valence-corrected chi connectivity index (χ1v) is 11.6. The van der Waals surface area contributed by atoms with Crippen molar-refractivity contribution in [2.75, 3.05) is 22.8 Å². The summed E-state index contributed by atoms with van der Waals surface area (Å²) < 4.78 is 33.2. The van der Waals surface area contributed by atoms with Gasteiger partial charge < -0.3 is 10.1 Å². The number of nitrogens with one attached hydrogen (secondary N) is 1. The maximum Gasteiger partial charge on any atom is 0.264 e. The van der Waals surface area contributed by atoms with E-state index in [1.165, 1.54) is 4.31 Å². The fourth-order valence-corrected chi connectivity index (χ4v) is 5.22. The van der Waals surface area contributed by atoms with Crippen molar-refractivity contribution in [2.24, 2.45) is 0 Å². The number of hydrogen-bond donors (Lipinski definition) is 1. The third-order valence-corrected chi connectivity index (χ3v) is 6.96. The van der Waals surface area contributed by atoms with Crippen LogP contribution in [0, 0.1) is 6.92 Å². The number of nitrogens with zero attached hydrogens (tertiary/aromatic N) is 1. The maximum atomic E-state index is 13.1. The number of rotatable bonds is 6. The van der Waals surface area contributed by atoms with Gasteiger partial charge in [-0.15, -0.1) is 0 Å². The van der Waals surface area contributed by atoms with Crippen LogP contribution in [0.3, 0.4) is 0 Å². The summed E-state index contributed by atoms with van der Waals surface area (Å²) >= 11 is 0. The molecule has 0 spiro atoms. The van der Waals surface area contributed by atoms with Gasteiger partial charge in [-0.3, -0.25) is 9.10 Å². The molecular weight excluding hydrogens is 412 g/mol. The van der Waals surface area contributed by atoms with Crippen LogP contribution in [-0.2, 0) is 21.2 Å². The molecule has 4 rings (SSSR count). The third kappa shape index (κ3) is 4.72. The zero-order chi connectivity index (χ0) is 21.8. The standard InChI is InChI=1S/C24H24N2O4S/c1-18-7-5-9-21(15-18)30-17-24(27)25-20-12-13-23-19(16-20)8-6-14-26(23)31(28,29)22-10-3-2-4-11-22/h2-5,7,9-13,15-16H,6,8,14,17H2,1H3,(H,25,27). The minimum Gasteiger partial charge on any atom is -0.484 e. The van der Waals surface area contributed by atoms with Gasteiger partial charge in [-0.25, -0.2) is 8.42 Å². The molecule has 0 bridgehead atoms. The minimum absolute atomic E-state index is 0.102. The molecule has 1 aliphatic rings.